The molecule has 0 amide bonds. The maximum absolute atomic E-state index is 14.0. The SMILES string of the molecule is Cc1ncnc(N2CCC(n3ccc(N)n3)CC2)c1F. The Morgan fingerprint density at radius 2 is 2.05 bits per heavy atom. The first-order valence-corrected chi connectivity index (χ1v) is 6.68. The van der Waals surface area contributed by atoms with Gasteiger partial charge in [0.2, 0.25) is 0 Å². The van der Waals surface area contributed by atoms with Crippen molar-refractivity contribution in [2.75, 3.05) is 23.7 Å². The molecule has 0 spiro atoms. The van der Waals surface area contributed by atoms with Gasteiger partial charge in [0.05, 0.1) is 11.7 Å². The number of rotatable bonds is 2. The van der Waals surface area contributed by atoms with E-state index >= 15 is 0 Å². The lowest BCUT2D eigenvalue weighted by molar-refractivity contribution is 0.364. The average molecular weight is 276 g/mol. The van der Waals surface area contributed by atoms with Crippen molar-refractivity contribution in [3.05, 3.63) is 30.1 Å². The van der Waals surface area contributed by atoms with Crippen molar-refractivity contribution in [3.8, 4) is 0 Å². The molecule has 2 aromatic heterocycles. The fourth-order valence-corrected chi connectivity index (χ4v) is 2.56. The molecule has 0 atom stereocenters. The van der Waals surface area contributed by atoms with Gasteiger partial charge < -0.3 is 10.6 Å². The lowest BCUT2D eigenvalue weighted by Gasteiger charge is -2.33. The van der Waals surface area contributed by atoms with Gasteiger partial charge in [-0.3, -0.25) is 4.68 Å². The Hall–Kier alpha value is -2.18. The predicted octanol–water partition coefficient (Wildman–Crippen LogP) is 1.54. The number of hydrogen-bond donors (Lipinski definition) is 1. The van der Waals surface area contributed by atoms with Crippen LogP contribution in [-0.2, 0) is 0 Å². The van der Waals surface area contributed by atoms with Crippen molar-refractivity contribution < 1.29 is 4.39 Å². The molecule has 20 heavy (non-hydrogen) atoms. The highest BCUT2D eigenvalue weighted by molar-refractivity contribution is 5.41. The zero-order valence-electron chi connectivity index (χ0n) is 11.3. The molecule has 106 valence electrons. The van der Waals surface area contributed by atoms with Gasteiger partial charge in [-0.15, -0.1) is 0 Å². The van der Waals surface area contributed by atoms with Crippen LogP contribution in [0.15, 0.2) is 18.6 Å². The van der Waals surface area contributed by atoms with E-state index in [9.17, 15) is 4.39 Å². The van der Waals surface area contributed by atoms with Gasteiger partial charge in [-0.1, -0.05) is 0 Å². The Balaban J connectivity index is 1.71. The highest BCUT2D eigenvalue weighted by atomic mass is 19.1. The molecule has 3 heterocycles. The molecule has 3 rings (SSSR count). The molecule has 0 radical (unpaired) electrons. The molecule has 1 saturated heterocycles. The summed E-state index contributed by atoms with van der Waals surface area (Å²) in [6, 6.07) is 2.11. The van der Waals surface area contributed by atoms with Crippen LogP contribution in [0, 0.1) is 12.7 Å². The lowest BCUT2D eigenvalue weighted by atomic mass is 10.1. The molecule has 2 N–H and O–H groups in total. The molecular formula is C13H17FN6. The molecule has 6 nitrogen and oxygen atoms in total. The van der Waals surface area contributed by atoms with Crippen molar-refractivity contribution in [2.24, 2.45) is 0 Å². The van der Waals surface area contributed by atoms with Crippen molar-refractivity contribution in [1.29, 1.82) is 0 Å². The van der Waals surface area contributed by atoms with Crippen molar-refractivity contribution in [3.63, 3.8) is 0 Å². The summed E-state index contributed by atoms with van der Waals surface area (Å²) < 4.78 is 15.9. The fraction of sp³-hybridized carbons (Fsp3) is 0.462. The van der Waals surface area contributed by atoms with Gasteiger partial charge in [0.1, 0.15) is 12.1 Å². The quantitative estimate of drug-likeness (QED) is 0.900. The largest absolute Gasteiger partial charge is 0.382 e. The number of aryl methyl sites for hydroxylation is 1. The first-order valence-electron chi connectivity index (χ1n) is 6.68. The molecule has 0 bridgehead atoms. The number of nitrogens with zero attached hydrogens (tertiary/aromatic N) is 5. The van der Waals surface area contributed by atoms with E-state index in [2.05, 4.69) is 15.1 Å². The van der Waals surface area contributed by atoms with Crippen molar-refractivity contribution in [1.82, 2.24) is 19.7 Å². The van der Waals surface area contributed by atoms with Crippen molar-refractivity contribution in [2.45, 2.75) is 25.8 Å². The third-order valence-corrected chi connectivity index (χ3v) is 3.71. The zero-order valence-corrected chi connectivity index (χ0v) is 11.3. The van der Waals surface area contributed by atoms with E-state index in [0.717, 1.165) is 25.9 Å². The topological polar surface area (TPSA) is 72.9 Å². The van der Waals surface area contributed by atoms with Gasteiger partial charge in [0, 0.05) is 19.3 Å². The molecule has 1 fully saturated rings. The van der Waals surface area contributed by atoms with Crippen LogP contribution in [-0.4, -0.2) is 32.8 Å². The second-order valence-electron chi connectivity index (χ2n) is 5.04. The van der Waals surface area contributed by atoms with Crippen LogP contribution >= 0.6 is 0 Å². The van der Waals surface area contributed by atoms with E-state index in [-0.39, 0.29) is 5.82 Å². The summed E-state index contributed by atoms with van der Waals surface area (Å²) in [7, 11) is 0. The van der Waals surface area contributed by atoms with E-state index in [4.69, 9.17) is 5.73 Å². The fourth-order valence-electron chi connectivity index (χ4n) is 2.56. The molecule has 0 aromatic carbocycles. The van der Waals surface area contributed by atoms with Gasteiger partial charge in [0.15, 0.2) is 11.6 Å². The minimum atomic E-state index is -0.325. The second-order valence-corrected chi connectivity index (χ2v) is 5.04. The molecule has 0 saturated carbocycles. The molecule has 2 aromatic rings. The number of anilines is 2. The van der Waals surface area contributed by atoms with Gasteiger partial charge >= 0.3 is 0 Å². The molecule has 1 aliphatic heterocycles. The third-order valence-electron chi connectivity index (χ3n) is 3.71. The Bertz CT molecular complexity index is 603. The summed E-state index contributed by atoms with van der Waals surface area (Å²) in [4.78, 5) is 9.89. The predicted molar refractivity (Wildman–Crippen MR) is 73.9 cm³/mol. The minimum absolute atomic E-state index is 0.314. The molecule has 0 aliphatic carbocycles. The molecule has 1 aliphatic rings. The summed E-state index contributed by atoms with van der Waals surface area (Å²) in [5, 5.41) is 4.24. The van der Waals surface area contributed by atoms with Crippen LogP contribution in [0.25, 0.3) is 0 Å². The summed E-state index contributed by atoms with van der Waals surface area (Å²) in [6.45, 7) is 3.15. The maximum atomic E-state index is 14.0. The van der Waals surface area contributed by atoms with Crippen LogP contribution in [0.3, 0.4) is 0 Å². The Morgan fingerprint density at radius 1 is 1.30 bits per heavy atom. The van der Waals surface area contributed by atoms with E-state index in [1.54, 1.807) is 13.0 Å². The number of nitrogens with two attached hydrogens (primary N) is 1. The first-order chi connectivity index (χ1) is 9.65. The van der Waals surface area contributed by atoms with Gasteiger partial charge in [-0.05, 0) is 25.8 Å². The second kappa shape index (κ2) is 5.07. The number of nitrogen functional groups attached to an aromatic ring is 1. The smallest absolute Gasteiger partial charge is 0.186 e. The standard InChI is InChI=1S/C13H17FN6/c1-9-12(14)13(17-8-16-9)19-5-2-10(3-6-19)20-7-4-11(15)18-20/h4,7-8,10H,2-3,5-6H2,1H3,(H2,15,18). The number of halogens is 1. The first kappa shape index (κ1) is 12.8. The lowest BCUT2D eigenvalue weighted by Crippen LogP contribution is -2.36. The normalized spacial score (nSPS) is 16.6. The van der Waals surface area contributed by atoms with Crippen LogP contribution in [0.5, 0.6) is 0 Å². The van der Waals surface area contributed by atoms with Gasteiger partial charge in [-0.2, -0.15) is 5.10 Å². The summed E-state index contributed by atoms with van der Waals surface area (Å²) in [6.07, 6.45) is 5.09. The van der Waals surface area contributed by atoms with Crippen LogP contribution < -0.4 is 10.6 Å². The highest BCUT2D eigenvalue weighted by Crippen LogP contribution is 2.27. The monoisotopic (exact) mass is 276 g/mol. The Labute approximate surface area is 116 Å². The highest BCUT2D eigenvalue weighted by Gasteiger charge is 2.24. The number of piperidine rings is 1. The van der Waals surface area contributed by atoms with Crippen LogP contribution in [0.4, 0.5) is 16.0 Å². The van der Waals surface area contributed by atoms with E-state index in [1.165, 1.54) is 6.33 Å². The van der Waals surface area contributed by atoms with Crippen molar-refractivity contribution >= 4 is 11.6 Å². The summed E-state index contributed by atoms with van der Waals surface area (Å²) >= 11 is 0. The van der Waals surface area contributed by atoms with Crippen LogP contribution in [0.2, 0.25) is 0 Å². The molecule has 0 unspecified atom stereocenters. The summed E-state index contributed by atoms with van der Waals surface area (Å²) in [5.41, 5.74) is 6.02. The van der Waals surface area contributed by atoms with Gasteiger partial charge in [0.25, 0.3) is 0 Å². The van der Waals surface area contributed by atoms with Gasteiger partial charge in [-0.25, -0.2) is 14.4 Å². The van der Waals surface area contributed by atoms with Crippen LogP contribution in [0.1, 0.15) is 24.6 Å². The third kappa shape index (κ3) is 2.31. The van der Waals surface area contributed by atoms with E-state index < -0.39 is 0 Å². The number of hydrogen-bond acceptors (Lipinski definition) is 5. The maximum Gasteiger partial charge on any atom is 0.186 e. The Morgan fingerprint density at radius 3 is 2.70 bits per heavy atom. The zero-order chi connectivity index (χ0) is 14.1. The van der Waals surface area contributed by atoms with E-state index in [0.29, 0.717) is 23.4 Å². The molecular weight excluding hydrogens is 259 g/mol. The number of aromatic nitrogens is 4. The Kier molecular flexibility index (Phi) is 3.25. The van der Waals surface area contributed by atoms with E-state index in [1.807, 2.05) is 15.8 Å². The summed E-state index contributed by atoms with van der Waals surface area (Å²) in [5.74, 6) is 0.607. The minimum Gasteiger partial charge on any atom is -0.382 e. The average Bonchev–Trinajstić information content (AvgIpc) is 2.89. The molecule has 7 heteroatoms.